The van der Waals surface area contributed by atoms with Crippen LogP contribution in [0, 0.1) is 11.3 Å². The van der Waals surface area contributed by atoms with E-state index < -0.39 is 17.4 Å². The molecule has 0 saturated heterocycles. The van der Waals surface area contributed by atoms with Crippen LogP contribution in [-0.2, 0) is 75.8 Å². The number of ether oxygens (including phenoxy) is 1. The van der Waals surface area contributed by atoms with Crippen LogP contribution >= 0.6 is 0 Å². The van der Waals surface area contributed by atoms with E-state index in [0.717, 1.165) is 71.9 Å². The number of hydrogen-bond acceptors (Lipinski definition) is 5. The molecule has 0 radical (unpaired) electrons. The Balaban J connectivity index is 0.856. The zero-order chi connectivity index (χ0) is 45.4. The third-order valence-corrected chi connectivity index (χ3v) is 14.1. The van der Waals surface area contributed by atoms with E-state index in [0.29, 0.717) is 58.2 Å². The summed E-state index contributed by atoms with van der Waals surface area (Å²) in [6.45, 7) is 5.43. The summed E-state index contributed by atoms with van der Waals surface area (Å²) < 4.78 is 9.61. The minimum atomic E-state index is -0.666. The molecule has 2 aliphatic rings. The van der Waals surface area contributed by atoms with E-state index in [2.05, 4.69) is 61.5 Å². The highest BCUT2D eigenvalue weighted by atomic mass is 16.6. The van der Waals surface area contributed by atoms with Crippen LogP contribution in [-0.4, -0.2) is 44.3 Å². The predicted octanol–water partition coefficient (Wildman–Crippen LogP) is 10.4. The van der Waals surface area contributed by atoms with Crippen molar-refractivity contribution in [3.05, 3.63) is 185 Å². The topological polar surface area (TPSA) is 93.9 Å². The van der Waals surface area contributed by atoms with Crippen LogP contribution in [0.1, 0.15) is 60.3 Å². The van der Waals surface area contributed by atoms with Crippen molar-refractivity contribution in [2.45, 2.75) is 78.6 Å². The van der Waals surface area contributed by atoms with Crippen molar-refractivity contribution >= 4 is 62.0 Å². The molecule has 66 heavy (non-hydrogen) atoms. The molecule has 6 aromatic carbocycles. The molecule has 0 bridgehead atoms. The Morgan fingerprint density at radius 1 is 0.621 bits per heavy atom. The molecule has 332 valence electrons. The fourth-order valence-electron chi connectivity index (χ4n) is 10.9. The van der Waals surface area contributed by atoms with Gasteiger partial charge in [0.2, 0.25) is 11.8 Å². The van der Waals surface area contributed by atoms with E-state index in [1.54, 1.807) is 0 Å². The summed E-state index contributed by atoms with van der Waals surface area (Å²) in [6, 6.07) is 50.5. The zero-order valence-corrected chi connectivity index (χ0v) is 37.6. The zero-order valence-electron chi connectivity index (χ0n) is 37.6. The van der Waals surface area contributed by atoms with Gasteiger partial charge >= 0.3 is 11.9 Å². The molecule has 0 spiro atoms. The first-order valence-corrected chi connectivity index (χ1v) is 23.3. The molecule has 2 heterocycles. The lowest BCUT2D eigenvalue weighted by molar-refractivity contribution is -0.160. The second-order valence-corrected chi connectivity index (χ2v) is 18.3. The molecule has 9 heteroatoms. The molecule has 0 aliphatic heterocycles. The van der Waals surface area contributed by atoms with Gasteiger partial charge in [-0.2, -0.15) is 0 Å². The Labute approximate surface area is 385 Å². The standard InChI is InChI=1S/C57H54N4O5/c1-3-59(48-28-16-22-41-21-10-11-23-43(41)48)56(65)57(2)32-31-52-47(34-57)45-25-13-15-27-50(45)61(52)38-54(63)66-53(62)37-60-49-26-14-12-24-44(49)46-33-42(29-30-51(46)60)55(64)58(35-39-17-6-4-7-18-39)36-40-19-8-5-9-20-40/h4-28,42H,3,29-38H2,1-2H3. The van der Waals surface area contributed by atoms with E-state index in [4.69, 9.17) is 4.74 Å². The van der Waals surface area contributed by atoms with Gasteiger partial charge in [-0.25, -0.2) is 9.59 Å². The van der Waals surface area contributed by atoms with E-state index in [1.165, 1.54) is 0 Å². The number of amides is 2. The van der Waals surface area contributed by atoms with Crippen molar-refractivity contribution in [2.75, 3.05) is 11.4 Å². The molecule has 0 N–H and O–H groups in total. The number of rotatable bonds is 12. The van der Waals surface area contributed by atoms with Crippen LogP contribution in [0.4, 0.5) is 5.69 Å². The molecule has 2 aliphatic carbocycles. The van der Waals surface area contributed by atoms with Crippen LogP contribution in [0.15, 0.2) is 152 Å². The summed E-state index contributed by atoms with van der Waals surface area (Å²) in [5, 5.41) is 4.15. The van der Waals surface area contributed by atoms with Crippen LogP contribution in [0.2, 0.25) is 0 Å². The van der Waals surface area contributed by atoms with Crippen LogP contribution in [0.5, 0.6) is 0 Å². The Kier molecular flexibility index (Phi) is 11.6. The monoisotopic (exact) mass is 874 g/mol. The highest BCUT2D eigenvalue weighted by Crippen LogP contribution is 2.43. The summed E-state index contributed by atoms with van der Waals surface area (Å²) in [7, 11) is 0. The lowest BCUT2D eigenvalue weighted by atomic mass is 9.73. The molecule has 2 amide bonds. The van der Waals surface area contributed by atoms with E-state index >= 15 is 0 Å². The summed E-state index contributed by atoms with van der Waals surface area (Å²) in [6.07, 6.45) is 3.56. The van der Waals surface area contributed by atoms with E-state index in [1.807, 2.05) is 123 Å². The SMILES string of the molecule is CCN(C(=O)C1(C)CCc2c(c3ccccc3n2CC(=O)OC(=O)Cn2c3c(c4ccccc42)CC(C(=O)N(Cc2ccccc2)Cc2ccccc2)CC3)C1)c1cccc2ccccc12. The van der Waals surface area contributed by atoms with Gasteiger partial charge in [-0.1, -0.05) is 140 Å². The number of benzene rings is 6. The summed E-state index contributed by atoms with van der Waals surface area (Å²) in [5.41, 5.74) is 8.32. The third kappa shape index (κ3) is 8.08. The minimum Gasteiger partial charge on any atom is -0.390 e. The maximum absolute atomic E-state index is 14.6. The number of carbonyl (C=O) groups is 4. The second-order valence-electron chi connectivity index (χ2n) is 18.3. The van der Waals surface area contributed by atoms with Gasteiger partial charge < -0.3 is 23.7 Å². The second kappa shape index (κ2) is 18.0. The van der Waals surface area contributed by atoms with Gasteiger partial charge in [0.05, 0.1) is 11.1 Å². The number of para-hydroxylation sites is 2. The number of aromatic nitrogens is 2. The number of hydrogen-bond donors (Lipinski definition) is 0. The fraction of sp³-hybridized carbons (Fsp3) is 0.263. The van der Waals surface area contributed by atoms with Gasteiger partial charge in [0.15, 0.2) is 0 Å². The molecule has 2 atom stereocenters. The Morgan fingerprint density at radius 3 is 1.77 bits per heavy atom. The largest absolute Gasteiger partial charge is 0.390 e. The number of nitrogens with zero attached hydrogens (tertiary/aromatic N) is 4. The minimum absolute atomic E-state index is 0.0868. The molecule has 8 aromatic rings. The molecular formula is C57H54N4O5. The first kappa shape index (κ1) is 42.7. The van der Waals surface area contributed by atoms with Crippen molar-refractivity contribution < 1.29 is 23.9 Å². The number of fused-ring (bicyclic) bond motifs is 7. The molecular weight excluding hydrogens is 821 g/mol. The molecule has 9 nitrogen and oxygen atoms in total. The molecule has 0 saturated carbocycles. The molecule has 2 unspecified atom stereocenters. The molecule has 10 rings (SSSR count). The van der Waals surface area contributed by atoms with Gasteiger partial charge in [0.25, 0.3) is 0 Å². The molecule has 2 aromatic heterocycles. The van der Waals surface area contributed by atoms with Gasteiger partial charge in [0.1, 0.15) is 13.1 Å². The van der Waals surface area contributed by atoms with Crippen molar-refractivity contribution in [1.82, 2.24) is 14.0 Å². The summed E-state index contributed by atoms with van der Waals surface area (Å²) in [5.74, 6) is -1.27. The average Bonchev–Trinajstić information content (AvgIpc) is 3.82. The Bertz CT molecular complexity index is 3090. The average molecular weight is 875 g/mol. The van der Waals surface area contributed by atoms with E-state index in [9.17, 15) is 19.2 Å². The third-order valence-electron chi connectivity index (χ3n) is 14.1. The van der Waals surface area contributed by atoms with Crippen LogP contribution in [0.3, 0.4) is 0 Å². The number of esters is 2. The van der Waals surface area contributed by atoms with Gasteiger partial charge in [-0.15, -0.1) is 0 Å². The Morgan fingerprint density at radius 2 is 1.15 bits per heavy atom. The van der Waals surface area contributed by atoms with Gasteiger partial charge in [0, 0.05) is 64.1 Å². The Hall–Kier alpha value is -7.26. The van der Waals surface area contributed by atoms with Gasteiger partial charge in [-0.3, -0.25) is 9.59 Å². The van der Waals surface area contributed by atoms with Gasteiger partial charge in [-0.05, 0) is 91.3 Å². The molecule has 0 fully saturated rings. The van der Waals surface area contributed by atoms with E-state index in [-0.39, 0.29) is 30.8 Å². The maximum Gasteiger partial charge on any atom is 0.333 e. The number of carbonyl (C=O) groups excluding carboxylic acids is 4. The summed E-state index contributed by atoms with van der Waals surface area (Å²) in [4.78, 5) is 60.6. The first-order chi connectivity index (χ1) is 32.2. The van der Waals surface area contributed by atoms with Crippen molar-refractivity contribution in [3.8, 4) is 0 Å². The maximum atomic E-state index is 14.6. The lowest BCUT2D eigenvalue weighted by Gasteiger charge is -2.37. The smallest absolute Gasteiger partial charge is 0.333 e. The predicted molar refractivity (Wildman–Crippen MR) is 260 cm³/mol. The number of anilines is 1. The van der Waals surface area contributed by atoms with Crippen LogP contribution in [0.25, 0.3) is 32.6 Å². The fourth-order valence-corrected chi connectivity index (χ4v) is 10.9. The van der Waals surface area contributed by atoms with Crippen molar-refractivity contribution in [1.29, 1.82) is 0 Å². The quantitative estimate of drug-likeness (QED) is 0.0900. The van der Waals surface area contributed by atoms with Crippen molar-refractivity contribution in [2.24, 2.45) is 11.3 Å². The summed E-state index contributed by atoms with van der Waals surface area (Å²) >= 11 is 0. The normalized spacial score (nSPS) is 16.7. The lowest BCUT2D eigenvalue weighted by Crippen LogP contribution is -2.45. The highest BCUT2D eigenvalue weighted by molar-refractivity contribution is 6.06. The highest BCUT2D eigenvalue weighted by Gasteiger charge is 2.42. The first-order valence-electron chi connectivity index (χ1n) is 23.3. The van der Waals surface area contributed by atoms with Crippen LogP contribution < -0.4 is 4.90 Å². The van der Waals surface area contributed by atoms with Crippen molar-refractivity contribution in [3.63, 3.8) is 0 Å².